The van der Waals surface area contributed by atoms with Gasteiger partial charge in [0.15, 0.2) is 5.84 Å². The van der Waals surface area contributed by atoms with Gasteiger partial charge in [0, 0.05) is 39.0 Å². The highest BCUT2D eigenvalue weighted by Crippen LogP contribution is 2.41. The SMILES string of the molecule is c1ccc(-c2ccc(C3=NC(c4cncc5sc6ccc(-c7ccc(-c8ccccc8)c8ccccc78)cc6c45)=NC(c4ccccc4)N3)cc2)cc1. The fraction of sp³-hybridized carbons (Fsp3) is 0.0208. The van der Waals surface area contributed by atoms with E-state index in [-0.39, 0.29) is 6.17 Å². The normalized spacial score (nSPS) is 14.2. The molecule has 1 N–H and O–H groups in total. The maximum Gasteiger partial charge on any atom is 0.161 e. The van der Waals surface area contributed by atoms with Gasteiger partial charge in [-0.2, -0.15) is 0 Å². The van der Waals surface area contributed by atoms with E-state index in [9.17, 15) is 0 Å². The molecule has 53 heavy (non-hydrogen) atoms. The number of nitrogens with zero attached hydrogens (tertiary/aromatic N) is 3. The summed E-state index contributed by atoms with van der Waals surface area (Å²) in [6.45, 7) is 0. The van der Waals surface area contributed by atoms with E-state index in [4.69, 9.17) is 15.0 Å². The van der Waals surface area contributed by atoms with Crippen LogP contribution in [0.3, 0.4) is 0 Å². The number of pyridine rings is 1. The molecule has 4 nitrogen and oxygen atoms in total. The summed E-state index contributed by atoms with van der Waals surface area (Å²) >= 11 is 1.76. The van der Waals surface area contributed by atoms with Crippen molar-refractivity contribution in [2.75, 3.05) is 0 Å². The van der Waals surface area contributed by atoms with Gasteiger partial charge >= 0.3 is 0 Å². The Kier molecular flexibility index (Phi) is 7.70. The van der Waals surface area contributed by atoms with Gasteiger partial charge in [0.1, 0.15) is 12.0 Å². The molecule has 250 valence electrons. The number of rotatable bonds is 6. The van der Waals surface area contributed by atoms with Gasteiger partial charge in [-0.05, 0) is 61.8 Å². The molecule has 2 aromatic heterocycles. The van der Waals surface area contributed by atoms with Crippen molar-refractivity contribution in [2.45, 2.75) is 6.17 Å². The second-order valence-corrected chi connectivity index (χ2v) is 14.3. The first-order valence-electron chi connectivity index (χ1n) is 17.8. The summed E-state index contributed by atoms with van der Waals surface area (Å²) in [5.74, 6) is 1.45. The summed E-state index contributed by atoms with van der Waals surface area (Å²) in [7, 11) is 0. The van der Waals surface area contributed by atoms with Crippen LogP contribution in [0.1, 0.15) is 22.9 Å². The van der Waals surface area contributed by atoms with Gasteiger partial charge in [-0.25, -0.2) is 9.98 Å². The Hall–Kier alpha value is -6.69. The van der Waals surface area contributed by atoms with Crippen molar-refractivity contribution in [2.24, 2.45) is 9.98 Å². The van der Waals surface area contributed by atoms with Crippen molar-refractivity contribution in [3.05, 3.63) is 199 Å². The van der Waals surface area contributed by atoms with Crippen molar-refractivity contribution in [1.82, 2.24) is 10.3 Å². The van der Waals surface area contributed by atoms with Gasteiger partial charge < -0.3 is 5.32 Å². The summed E-state index contributed by atoms with van der Waals surface area (Å²) in [5.41, 5.74) is 10.2. The average Bonchev–Trinajstić information content (AvgIpc) is 3.62. The van der Waals surface area contributed by atoms with Crippen LogP contribution in [-0.4, -0.2) is 16.7 Å². The highest BCUT2D eigenvalue weighted by molar-refractivity contribution is 7.25. The number of fused-ring (bicyclic) bond motifs is 4. The standard InChI is InChI=1S/C48H32N4S/c1-4-12-31(13-5-1)32-20-22-35(23-21-32)47-50-46(34-16-8-3-9-17-34)51-48(52-47)42-29-49-30-44-45(42)41-28-36(24-27-43(41)53-44)38-26-25-37(33-14-6-2-7-15-33)39-18-10-11-19-40(38)39/h1-30,46H,(H,50,51,52). The lowest BCUT2D eigenvalue weighted by atomic mass is 9.91. The Labute approximate surface area is 311 Å². The molecule has 1 aliphatic rings. The molecule has 3 heterocycles. The number of amidine groups is 2. The average molecular weight is 697 g/mol. The molecule has 0 saturated carbocycles. The zero-order valence-corrected chi connectivity index (χ0v) is 29.5. The van der Waals surface area contributed by atoms with Crippen LogP contribution in [0.4, 0.5) is 0 Å². The fourth-order valence-electron chi connectivity index (χ4n) is 7.46. The first kappa shape index (κ1) is 31.1. The van der Waals surface area contributed by atoms with E-state index >= 15 is 0 Å². The van der Waals surface area contributed by atoms with Crippen LogP contribution in [0.25, 0.3) is 64.3 Å². The molecule has 0 saturated heterocycles. The number of aliphatic imine (C=N–C) groups is 2. The van der Waals surface area contributed by atoms with Gasteiger partial charge in [0.2, 0.25) is 0 Å². The zero-order valence-electron chi connectivity index (χ0n) is 28.6. The van der Waals surface area contributed by atoms with E-state index in [0.717, 1.165) is 38.2 Å². The summed E-state index contributed by atoms with van der Waals surface area (Å²) in [4.78, 5) is 15.2. The van der Waals surface area contributed by atoms with Gasteiger partial charge in [0.05, 0.1) is 4.70 Å². The fourth-order valence-corrected chi connectivity index (χ4v) is 8.54. The molecule has 0 amide bonds. The molecular formula is C48H32N4S. The summed E-state index contributed by atoms with van der Waals surface area (Å²) in [6, 6.07) is 60.1. The van der Waals surface area contributed by atoms with Crippen molar-refractivity contribution in [3.63, 3.8) is 0 Å². The Morgan fingerprint density at radius 2 is 1.04 bits per heavy atom. The van der Waals surface area contributed by atoms with Gasteiger partial charge in [0.25, 0.3) is 0 Å². The van der Waals surface area contributed by atoms with Gasteiger partial charge in [-0.3, -0.25) is 4.98 Å². The monoisotopic (exact) mass is 696 g/mol. The van der Waals surface area contributed by atoms with Crippen molar-refractivity contribution < 1.29 is 0 Å². The maximum atomic E-state index is 5.24. The molecule has 0 spiro atoms. The number of nitrogens with one attached hydrogen (secondary N) is 1. The topological polar surface area (TPSA) is 49.6 Å². The quantitative estimate of drug-likeness (QED) is 0.188. The second kappa shape index (κ2) is 13.1. The maximum absolute atomic E-state index is 5.24. The molecule has 1 atom stereocenters. The number of hydrogen-bond donors (Lipinski definition) is 1. The highest BCUT2D eigenvalue weighted by Gasteiger charge is 2.24. The molecule has 0 fully saturated rings. The molecule has 1 aliphatic heterocycles. The highest BCUT2D eigenvalue weighted by atomic mass is 32.1. The number of thiophene rings is 1. The Morgan fingerprint density at radius 1 is 0.453 bits per heavy atom. The molecule has 9 aromatic rings. The van der Waals surface area contributed by atoms with E-state index in [0.29, 0.717) is 5.84 Å². The van der Waals surface area contributed by atoms with Crippen LogP contribution in [0, 0.1) is 0 Å². The minimum Gasteiger partial charge on any atom is -0.344 e. The van der Waals surface area contributed by atoms with Crippen LogP contribution in [0.2, 0.25) is 0 Å². The van der Waals surface area contributed by atoms with E-state index < -0.39 is 0 Å². The Bertz CT molecular complexity index is 2840. The van der Waals surface area contributed by atoms with Crippen molar-refractivity contribution in [1.29, 1.82) is 0 Å². The third kappa shape index (κ3) is 5.68. The smallest absolute Gasteiger partial charge is 0.161 e. The predicted octanol–water partition coefficient (Wildman–Crippen LogP) is 12.1. The number of hydrogen-bond acceptors (Lipinski definition) is 5. The number of aromatic nitrogens is 1. The van der Waals surface area contributed by atoms with Crippen LogP contribution >= 0.6 is 11.3 Å². The van der Waals surface area contributed by atoms with Crippen LogP contribution in [0.5, 0.6) is 0 Å². The molecular weight excluding hydrogens is 665 g/mol. The van der Waals surface area contributed by atoms with Crippen LogP contribution < -0.4 is 5.32 Å². The molecule has 0 radical (unpaired) electrons. The Balaban J connectivity index is 1.11. The van der Waals surface area contributed by atoms with Crippen LogP contribution in [0.15, 0.2) is 192 Å². The minimum atomic E-state index is -0.308. The molecule has 0 aliphatic carbocycles. The molecule has 10 rings (SSSR count). The summed E-state index contributed by atoms with van der Waals surface area (Å²) in [6.07, 6.45) is 3.59. The number of benzene rings is 7. The third-order valence-electron chi connectivity index (χ3n) is 10.1. The summed E-state index contributed by atoms with van der Waals surface area (Å²) < 4.78 is 2.32. The van der Waals surface area contributed by atoms with Crippen LogP contribution in [-0.2, 0) is 0 Å². The first-order chi connectivity index (χ1) is 26.3. The predicted molar refractivity (Wildman–Crippen MR) is 223 cm³/mol. The molecule has 7 aromatic carbocycles. The van der Waals surface area contributed by atoms with E-state index in [2.05, 4.69) is 163 Å². The van der Waals surface area contributed by atoms with E-state index in [1.165, 1.54) is 48.7 Å². The largest absolute Gasteiger partial charge is 0.344 e. The zero-order chi connectivity index (χ0) is 35.1. The lowest BCUT2D eigenvalue weighted by Crippen LogP contribution is -2.33. The summed E-state index contributed by atoms with van der Waals surface area (Å²) in [5, 5.41) is 8.41. The molecule has 1 unspecified atom stereocenters. The molecule has 5 heteroatoms. The lowest BCUT2D eigenvalue weighted by Gasteiger charge is -2.24. The van der Waals surface area contributed by atoms with Crippen molar-refractivity contribution >= 4 is 54.0 Å². The lowest BCUT2D eigenvalue weighted by molar-refractivity contribution is 0.674. The van der Waals surface area contributed by atoms with E-state index in [1.54, 1.807) is 11.3 Å². The molecule has 0 bridgehead atoms. The minimum absolute atomic E-state index is 0.308. The van der Waals surface area contributed by atoms with Gasteiger partial charge in [-0.1, -0.05) is 158 Å². The van der Waals surface area contributed by atoms with Gasteiger partial charge in [-0.15, -0.1) is 11.3 Å². The Morgan fingerprint density at radius 3 is 1.75 bits per heavy atom. The second-order valence-electron chi connectivity index (χ2n) is 13.3. The third-order valence-corrected chi connectivity index (χ3v) is 11.2. The first-order valence-corrected chi connectivity index (χ1v) is 18.6. The van der Waals surface area contributed by atoms with Crippen molar-refractivity contribution in [3.8, 4) is 33.4 Å². The van der Waals surface area contributed by atoms with E-state index in [1.807, 2.05) is 24.5 Å².